The number of hydrogen-bond donors (Lipinski definition) is 1. The van der Waals surface area contributed by atoms with Crippen molar-refractivity contribution in [3.8, 4) is 0 Å². The van der Waals surface area contributed by atoms with Crippen LogP contribution in [0.25, 0.3) is 0 Å². The van der Waals surface area contributed by atoms with Crippen LogP contribution in [0.3, 0.4) is 0 Å². The lowest BCUT2D eigenvalue weighted by Gasteiger charge is -2.39. The largest absolute Gasteiger partial charge is 0.465 e. The van der Waals surface area contributed by atoms with E-state index in [2.05, 4.69) is 5.32 Å². The molecule has 0 radical (unpaired) electrons. The van der Waals surface area contributed by atoms with Crippen molar-refractivity contribution in [1.29, 1.82) is 0 Å². The van der Waals surface area contributed by atoms with Gasteiger partial charge in [0.2, 0.25) is 0 Å². The van der Waals surface area contributed by atoms with E-state index in [1.807, 2.05) is 41.5 Å². The van der Waals surface area contributed by atoms with Gasteiger partial charge < -0.3 is 14.2 Å². The van der Waals surface area contributed by atoms with Crippen LogP contribution in [0.4, 0.5) is 4.79 Å². The Kier molecular flexibility index (Phi) is 10.4. The Hall–Kier alpha value is -2.10. The van der Waals surface area contributed by atoms with E-state index in [1.54, 1.807) is 27.7 Å². The highest BCUT2D eigenvalue weighted by molar-refractivity contribution is 7.98. The molecule has 1 aromatic carbocycles. The molecular weight excluding hydrogens is 456 g/mol. The van der Waals surface area contributed by atoms with Gasteiger partial charge in [-0.15, -0.1) is 0 Å². The normalized spacial score (nSPS) is 17.9. The Labute approximate surface area is 207 Å². The minimum Gasteiger partial charge on any atom is -0.465 e. The summed E-state index contributed by atoms with van der Waals surface area (Å²) in [5.41, 5.74) is -2.03. The van der Waals surface area contributed by atoms with Crippen LogP contribution in [0.5, 0.6) is 0 Å². The monoisotopic (exact) mass is 494 g/mol. The van der Waals surface area contributed by atoms with Gasteiger partial charge in [-0.05, 0) is 45.4 Å². The van der Waals surface area contributed by atoms with Gasteiger partial charge in [-0.25, -0.2) is 9.59 Å². The zero-order valence-electron chi connectivity index (χ0n) is 21.1. The summed E-state index contributed by atoms with van der Waals surface area (Å²) in [5.74, 6) is -2.38. The number of rotatable bonds is 11. The molecule has 9 heteroatoms. The van der Waals surface area contributed by atoms with Gasteiger partial charge in [-0.3, -0.25) is 15.0 Å². The molecule has 0 saturated carbocycles. The summed E-state index contributed by atoms with van der Waals surface area (Å²) < 4.78 is 16.7. The molecule has 0 bridgehead atoms. The van der Waals surface area contributed by atoms with E-state index in [1.165, 1.54) is 18.9 Å². The zero-order chi connectivity index (χ0) is 25.4. The van der Waals surface area contributed by atoms with Gasteiger partial charge in [0.25, 0.3) is 5.72 Å². The van der Waals surface area contributed by atoms with E-state index >= 15 is 0 Å². The highest BCUT2D eigenvalue weighted by Gasteiger charge is 2.54. The van der Waals surface area contributed by atoms with E-state index in [0.717, 1.165) is 31.5 Å². The summed E-state index contributed by atoms with van der Waals surface area (Å²) in [6.07, 6.45) is 3.02. The van der Waals surface area contributed by atoms with Crippen molar-refractivity contribution in [2.24, 2.45) is 5.92 Å². The molecule has 8 nitrogen and oxygen atoms in total. The van der Waals surface area contributed by atoms with E-state index in [-0.39, 0.29) is 18.3 Å². The van der Waals surface area contributed by atoms with Crippen LogP contribution >= 0.6 is 11.8 Å². The van der Waals surface area contributed by atoms with Crippen LogP contribution in [0, 0.1) is 5.92 Å². The number of likely N-dealkylation sites (tertiary alicyclic amines) is 1. The highest BCUT2D eigenvalue weighted by Crippen LogP contribution is 2.32. The number of nitrogens with one attached hydrogen (secondary N) is 1. The summed E-state index contributed by atoms with van der Waals surface area (Å²) in [5, 5.41) is 2.62. The molecule has 0 aliphatic carbocycles. The molecule has 2 rings (SSSR count). The molecule has 3 unspecified atom stereocenters. The van der Waals surface area contributed by atoms with Crippen LogP contribution in [0.15, 0.2) is 30.3 Å². The number of alkyl carbamates (subject to hydrolysis) is 1. The van der Waals surface area contributed by atoms with Gasteiger partial charge in [0.1, 0.15) is 18.1 Å². The molecule has 1 aliphatic rings. The molecule has 34 heavy (non-hydrogen) atoms. The van der Waals surface area contributed by atoms with E-state index in [0.29, 0.717) is 0 Å². The Bertz CT molecular complexity index is 822. The summed E-state index contributed by atoms with van der Waals surface area (Å²) in [6.45, 7) is 8.65. The van der Waals surface area contributed by atoms with Crippen LogP contribution in [-0.2, 0) is 23.8 Å². The number of ketones is 1. The lowest BCUT2D eigenvalue weighted by molar-refractivity contribution is -0.192. The van der Waals surface area contributed by atoms with Gasteiger partial charge in [0, 0.05) is 24.8 Å². The van der Waals surface area contributed by atoms with Gasteiger partial charge in [-0.1, -0.05) is 37.3 Å². The summed E-state index contributed by atoms with van der Waals surface area (Å²) in [6, 6.07) is 9.33. The minimum absolute atomic E-state index is 0.0722. The third-order valence-electron chi connectivity index (χ3n) is 5.74. The lowest BCUT2D eigenvalue weighted by atomic mass is 9.83. The number of benzene rings is 1. The van der Waals surface area contributed by atoms with Crippen LogP contribution in [0.2, 0.25) is 0 Å². The number of carbonyl (C=O) groups is 3. The fourth-order valence-electron chi connectivity index (χ4n) is 3.96. The molecule has 0 spiro atoms. The predicted octanol–water partition coefficient (Wildman–Crippen LogP) is 3.80. The molecule has 1 saturated heterocycles. The fraction of sp³-hybridized carbons (Fsp3) is 0.640. The highest BCUT2D eigenvalue weighted by atomic mass is 32.2. The van der Waals surface area contributed by atoms with Crippen molar-refractivity contribution >= 4 is 29.6 Å². The first kappa shape index (κ1) is 28.1. The maximum Gasteiger partial charge on any atom is 0.410 e. The van der Waals surface area contributed by atoms with Gasteiger partial charge in [0.15, 0.2) is 0 Å². The molecule has 190 valence electrons. The number of nitrogens with zero attached hydrogens (tertiary/aromatic N) is 1. The Morgan fingerprint density at radius 1 is 1.12 bits per heavy atom. The molecule has 1 aliphatic heterocycles. The topological polar surface area (TPSA) is 94.2 Å². The van der Waals surface area contributed by atoms with Crippen molar-refractivity contribution in [3.63, 3.8) is 0 Å². The minimum atomic E-state index is -2.04. The smallest absolute Gasteiger partial charge is 0.410 e. The maximum absolute atomic E-state index is 13.9. The number of carbonyl (C=O) groups excluding carboxylic acids is 3. The first-order valence-electron chi connectivity index (χ1n) is 11.6. The van der Waals surface area contributed by atoms with Gasteiger partial charge in [0.05, 0.1) is 13.0 Å². The van der Waals surface area contributed by atoms with Crippen LogP contribution in [0.1, 0.15) is 52.0 Å². The molecule has 1 amide bonds. The summed E-state index contributed by atoms with van der Waals surface area (Å²) in [4.78, 5) is 42.1. The number of Topliss-reactive ketones (excluding diaryl/α,β-unsaturated/α-hetero) is 1. The fourth-order valence-corrected chi connectivity index (χ4v) is 4.69. The van der Waals surface area contributed by atoms with Gasteiger partial charge >= 0.3 is 12.1 Å². The van der Waals surface area contributed by atoms with Crippen molar-refractivity contribution in [2.75, 3.05) is 38.9 Å². The number of thioether (sulfide) groups is 1. The van der Waals surface area contributed by atoms with Crippen molar-refractivity contribution in [1.82, 2.24) is 10.2 Å². The predicted molar refractivity (Wildman–Crippen MR) is 133 cm³/mol. The Balaban J connectivity index is 2.49. The quantitative estimate of drug-likeness (QED) is 0.367. The van der Waals surface area contributed by atoms with E-state index < -0.39 is 35.2 Å². The van der Waals surface area contributed by atoms with Crippen LogP contribution in [-0.4, -0.2) is 73.0 Å². The first-order valence-corrected chi connectivity index (χ1v) is 13.0. The molecule has 1 fully saturated rings. The standard InChI is InChI=1S/C25H38N2O6S/c1-18(19-12-8-7-9-13-19)21(28)20(16-34-6)25(22(29)31-5,26-23(30)33-24(2,3)4)32-17-27-14-10-11-15-27/h7-9,12-13,18,20H,10-11,14-17H2,1-6H3,(H,26,30). The SMILES string of the molecule is COC(=O)C(NC(=O)OC(C)(C)C)(OCN1CCCC1)C(CSC)C(=O)C(C)c1ccccc1. The maximum atomic E-state index is 13.9. The first-order chi connectivity index (χ1) is 16.0. The average molecular weight is 495 g/mol. The third kappa shape index (κ3) is 7.45. The van der Waals surface area contributed by atoms with Crippen LogP contribution < -0.4 is 5.32 Å². The Morgan fingerprint density at radius 2 is 1.74 bits per heavy atom. The number of esters is 1. The van der Waals surface area contributed by atoms with Crippen molar-refractivity contribution < 1.29 is 28.6 Å². The summed E-state index contributed by atoms with van der Waals surface area (Å²) >= 11 is 1.39. The second kappa shape index (κ2) is 12.6. The molecule has 0 aromatic heterocycles. The third-order valence-corrected chi connectivity index (χ3v) is 6.41. The average Bonchev–Trinajstić information content (AvgIpc) is 3.32. The molecule has 1 heterocycles. The molecule has 1 aromatic rings. The number of methoxy groups -OCH3 is 1. The number of ether oxygens (including phenoxy) is 3. The van der Waals surface area contributed by atoms with Crippen molar-refractivity contribution in [2.45, 2.75) is 57.8 Å². The lowest BCUT2D eigenvalue weighted by Crippen LogP contribution is -2.65. The van der Waals surface area contributed by atoms with Gasteiger partial charge in [-0.2, -0.15) is 11.8 Å². The molecule has 1 N–H and O–H groups in total. The van der Waals surface area contributed by atoms with E-state index in [9.17, 15) is 14.4 Å². The molecule has 3 atom stereocenters. The van der Waals surface area contributed by atoms with E-state index in [4.69, 9.17) is 14.2 Å². The Morgan fingerprint density at radius 3 is 2.26 bits per heavy atom. The number of amides is 1. The second-order valence-corrected chi connectivity index (χ2v) is 10.4. The summed E-state index contributed by atoms with van der Waals surface area (Å²) in [7, 11) is 1.22. The second-order valence-electron chi connectivity index (χ2n) is 9.50. The number of hydrogen-bond acceptors (Lipinski definition) is 8. The molecular formula is C25H38N2O6S. The zero-order valence-corrected chi connectivity index (χ0v) is 21.9. The van der Waals surface area contributed by atoms with Crippen molar-refractivity contribution in [3.05, 3.63) is 35.9 Å².